The highest BCUT2D eigenvalue weighted by molar-refractivity contribution is 5.70. The van der Waals surface area contributed by atoms with Crippen LogP contribution < -0.4 is 9.64 Å². The second kappa shape index (κ2) is 9.71. The fraction of sp³-hybridized carbons (Fsp3) is 0.500. The molecular weight excluding hydrogens is 393 g/mol. The third-order valence-electron chi connectivity index (χ3n) is 6.41. The van der Waals surface area contributed by atoms with E-state index in [2.05, 4.69) is 20.8 Å². The quantitative estimate of drug-likeness (QED) is 0.556. The predicted molar refractivity (Wildman–Crippen MR) is 123 cm³/mol. The van der Waals surface area contributed by atoms with Crippen molar-refractivity contribution in [3.63, 3.8) is 0 Å². The van der Waals surface area contributed by atoms with Gasteiger partial charge in [0.25, 0.3) is 0 Å². The number of carboxylic acids is 1. The van der Waals surface area contributed by atoms with E-state index in [9.17, 15) is 9.18 Å². The molecule has 0 amide bonds. The minimum absolute atomic E-state index is 0.0685. The van der Waals surface area contributed by atoms with Gasteiger partial charge in [-0.1, -0.05) is 39.0 Å². The number of nitrogens with zero attached hydrogens (tertiary/aromatic N) is 1. The molecule has 0 atom stereocenters. The smallest absolute Gasteiger partial charge is 0.305 e. The number of hydrogen-bond donors (Lipinski definition) is 1. The van der Waals surface area contributed by atoms with Gasteiger partial charge in [-0.2, -0.15) is 0 Å². The van der Waals surface area contributed by atoms with Crippen molar-refractivity contribution in [1.29, 1.82) is 0 Å². The molecule has 31 heavy (non-hydrogen) atoms. The van der Waals surface area contributed by atoms with Gasteiger partial charge in [0.1, 0.15) is 0 Å². The van der Waals surface area contributed by atoms with Crippen LogP contribution in [0.5, 0.6) is 5.75 Å². The van der Waals surface area contributed by atoms with Crippen molar-refractivity contribution >= 4 is 11.7 Å². The maximum atomic E-state index is 14.8. The van der Waals surface area contributed by atoms with Crippen LogP contribution in [0.2, 0.25) is 0 Å². The van der Waals surface area contributed by atoms with Gasteiger partial charge in [-0.15, -0.1) is 0 Å². The van der Waals surface area contributed by atoms with Gasteiger partial charge < -0.3 is 14.7 Å². The summed E-state index contributed by atoms with van der Waals surface area (Å²) in [4.78, 5) is 12.7. The van der Waals surface area contributed by atoms with E-state index in [0.29, 0.717) is 23.6 Å². The van der Waals surface area contributed by atoms with Crippen molar-refractivity contribution in [3.05, 3.63) is 48.3 Å². The number of ether oxygens (including phenoxy) is 1. The van der Waals surface area contributed by atoms with Crippen LogP contribution in [-0.4, -0.2) is 30.8 Å². The zero-order valence-electron chi connectivity index (χ0n) is 19.0. The van der Waals surface area contributed by atoms with E-state index in [1.54, 1.807) is 6.07 Å². The van der Waals surface area contributed by atoms with Crippen molar-refractivity contribution in [2.24, 2.45) is 11.3 Å². The average Bonchev–Trinajstić information content (AvgIpc) is 2.73. The minimum Gasteiger partial charge on any atom is -0.487 e. The number of benzene rings is 2. The normalized spacial score (nSPS) is 19.1. The van der Waals surface area contributed by atoms with E-state index in [1.165, 1.54) is 6.07 Å². The summed E-state index contributed by atoms with van der Waals surface area (Å²) < 4.78 is 20.8. The van der Waals surface area contributed by atoms with Crippen LogP contribution in [0.15, 0.2) is 42.5 Å². The van der Waals surface area contributed by atoms with Gasteiger partial charge in [0.05, 0.1) is 12.5 Å². The summed E-state index contributed by atoms with van der Waals surface area (Å²) in [6.45, 7) is 7.28. The SMILES string of the molecule is CN(CCC(=O)O)c1cccc(-c2ccc(OC3CCC(C(C)(C)C)CC3)c(F)c2)c1. The Labute approximate surface area is 185 Å². The van der Waals surface area contributed by atoms with Gasteiger partial charge in [-0.3, -0.25) is 4.79 Å². The molecule has 1 saturated carbocycles. The molecule has 2 aromatic rings. The summed E-state index contributed by atoms with van der Waals surface area (Å²) in [5.41, 5.74) is 2.87. The third-order valence-corrected chi connectivity index (χ3v) is 6.41. The van der Waals surface area contributed by atoms with Gasteiger partial charge in [-0.25, -0.2) is 4.39 Å². The number of carboxylic acid groups (broad SMARTS) is 1. The molecule has 0 saturated heterocycles. The number of aliphatic carboxylic acids is 1. The summed E-state index contributed by atoms with van der Waals surface area (Å²) in [5.74, 6) is -0.161. The Morgan fingerprint density at radius 2 is 1.77 bits per heavy atom. The first-order valence-corrected chi connectivity index (χ1v) is 11.1. The third kappa shape index (κ3) is 6.22. The maximum absolute atomic E-state index is 14.8. The van der Waals surface area contributed by atoms with Crippen molar-refractivity contribution in [2.75, 3.05) is 18.5 Å². The van der Waals surface area contributed by atoms with E-state index < -0.39 is 5.97 Å². The monoisotopic (exact) mass is 427 g/mol. The van der Waals surface area contributed by atoms with E-state index in [1.807, 2.05) is 42.3 Å². The maximum Gasteiger partial charge on any atom is 0.305 e. The number of halogens is 1. The van der Waals surface area contributed by atoms with Crippen LogP contribution in [0.25, 0.3) is 11.1 Å². The highest BCUT2D eigenvalue weighted by atomic mass is 19.1. The first-order valence-electron chi connectivity index (χ1n) is 11.1. The standard InChI is InChI=1S/C26H34FNO3/c1-26(2,3)20-9-11-22(12-10-20)31-24-13-8-19(17-23(24)27)18-6-5-7-21(16-18)28(4)15-14-25(29)30/h5-8,13,16-17,20,22H,9-12,14-15H2,1-4H3,(H,29,30). The molecule has 4 nitrogen and oxygen atoms in total. The summed E-state index contributed by atoms with van der Waals surface area (Å²) >= 11 is 0. The Kier molecular flexibility index (Phi) is 7.24. The number of rotatable bonds is 7. The highest BCUT2D eigenvalue weighted by Crippen LogP contribution is 2.39. The molecule has 1 fully saturated rings. The molecule has 3 rings (SSSR count). The van der Waals surface area contributed by atoms with Crippen LogP contribution in [-0.2, 0) is 4.79 Å². The Hall–Kier alpha value is -2.56. The molecule has 0 unspecified atom stereocenters. The molecule has 0 aliphatic heterocycles. The van der Waals surface area contributed by atoms with Crippen molar-refractivity contribution in [2.45, 2.75) is 59.0 Å². The topological polar surface area (TPSA) is 49.8 Å². The predicted octanol–water partition coefficient (Wildman–Crippen LogP) is 6.39. The second-order valence-corrected chi connectivity index (χ2v) is 9.72. The number of anilines is 1. The molecule has 0 spiro atoms. The van der Waals surface area contributed by atoms with E-state index in [0.717, 1.165) is 42.5 Å². The summed E-state index contributed by atoms with van der Waals surface area (Å²) in [6, 6.07) is 12.8. The molecule has 1 aliphatic carbocycles. The Morgan fingerprint density at radius 1 is 1.10 bits per heavy atom. The van der Waals surface area contributed by atoms with Crippen LogP contribution in [0, 0.1) is 17.2 Å². The van der Waals surface area contributed by atoms with Gasteiger partial charge in [0.15, 0.2) is 11.6 Å². The van der Waals surface area contributed by atoms with E-state index >= 15 is 0 Å². The highest BCUT2D eigenvalue weighted by Gasteiger charge is 2.30. The van der Waals surface area contributed by atoms with Gasteiger partial charge >= 0.3 is 5.97 Å². The Bertz CT molecular complexity index is 898. The molecule has 0 bridgehead atoms. The molecular formula is C26H34FNO3. The Balaban J connectivity index is 1.66. The lowest BCUT2D eigenvalue weighted by atomic mass is 9.72. The van der Waals surface area contributed by atoms with E-state index in [-0.39, 0.29) is 18.3 Å². The van der Waals surface area contributed by atoms with Gasteiger partial charge in [0.2, 0.25) is 0 Å². The lowest BCUT2D eigenvalue weighted by Gasteiger charge is -2.37. The molecule has 0 radical (unpaired) electrons. The average molecular weight is 428 g/mol. The van der Waals surface area contributed by atoms with Crippen LogP contribution in [0.1, 0.15) is 52.9 Å². The lowest BCUT2D eigenvalue weighted by Crippen LogP contribution is -2.30. The largest absolute Gasteiger partial charge is 0.487 e. The minimum atomic E-state index is -0.826. The molecule has 0 aromatic heterocycles. The summed E-state index contributed by atoms with van der Waals surface area (Å²) in [7, 11) is 1.86. The zero-order chi connectivity index (χ0) is 22.6. The van der Waals surface area contributed by atoms with Crippen LogP contribution in [0.3, 0.4) is 0 Å². The van der Waals surface area contributed by atoms with Gasteiger partial charge in [0, 0.05) is 19.3 Å². The Morgan fingerprint density at radius 3 is 2.39 bits per heavy atom. The lowest BCUT2D eigenvalue weighted by molar-refractivity contribution is -0.136. The molecule has 1 N–H and O–H groups in total. The zero-order valence-corrected chi connectivity index (χ0v) is 19.0. The molecule has 168 valence electrons. The van der Waals surface area contributed by atoms with E-state index in [4.69, 9.17) is 9.84 Å². The fourth-order valence-electron chi connectivity index (χ4n) is 4.32. The van der Waals surface area contributed by atoms with Crippen LogP contribution >= 0.6 is 0 Å². The number of hydrogen-bond acceptors (Lipinski definition) is 3. The summed E-state index contributed by atoms with van der Waals surface area (Å²) in [6.07, 6.45) is 4.32. The molecule has 5 heteroatoms. The summed E-state index contributed by atoms with van der Waals surface area (Å²) in [5, 5.41) is 8.88. The molecule has 2 aromatic carbocycles. The molecule has 0 heterocycles. The van der Waals surface area contributed by atoms with Crippen molar-refractivity contribution < 1.29 is 19.0 Å². The molecule has 1 aliphatic rings. The van der Waals surface area contributed by atoms with Crippen molar-refractivity contribution in [1.82, 2.24) is 0 Å². The van der Waals surface area contributed by atoms with Gasteiger partial charge in [-0.05, 0) is 72.4 Å². The second-order valence-electron chi connectivity index (χ2n) is 9.72. The fourth-order valence-corrected chi connectivity index (χ4v) is 4.32. The number of carbonyl (C=O) groups is 1. The van der Waals surface area contributed by atoms with Crippen molar-refractivity contribution in [3.8, 4) is 16.9 Å². The first kappa shape index (κ1) is 23.1. The van der Waals surface area contributed by atoms with Crippen LogP contribution in [0.4, 0.5) is 10.1 Å². The first-order chi connectivity index (χ1) is 14.6.